The van der Waals surface area contributed by atoms with Crippen molar-refractivity contribution in [2.24, 2.45) is 39.4 Å². The molecule has 2 aromatic carbocycles. The standard InChI is InChI=1S/C47H65N15O12S2/c48-28-22-75-76-23-33(44(73)62-16-4-8-34(62)43(72)56-29(7-3-15-54-46(52)53)39(68)55-21-37(51)66)59-41(70)32(18-36(50)65)58-40(69)30(13-14-35(49)64)60-45(74)47(19-25-5-1-2-6-26(25)20-47)61-42(71)31(57-38(28)67)17-24-9-11-27(63)12-10-24/h1-2,5-6,9-12,28-34,63H,3-4,7-8,13-23,48H2,(H2,49,64)(H2,50,65)(H2,51,66)(H,55,68)(H,56,72)(H,57,67)(H,58,69)(H,59,70)(H,60,74)(H,61,71)(H4,52,53,54)/t28-,29-,30-,31-,32-,33-,34-/m0/s1. The number of phenolic OH excluding ortho intramolecular Hbond substituents is 1. The van der Waals surface area contributed by atoms with Gasteiger partial charge in [-0.15, -0.1) is 0 Å². The number of aliphatic imine (C=N–C) groups is 1. The third-order valence-electron chi connectivity index (χ3n) is 12.6. The number of guanidine groups is 1. The molecule has 29 heteroatoms. The number of nitrogens with two attached hydrogens (primary N) is 6. The van der Waals surface area contributed by atoms with Crippen molar-refractivity contribution in [3.8, 4) is 5.75 Å². The fourth-order valence-electron chi connectivity index (χ4n) is 8.74. The molecule has 5 rings (SSSR count). The Morgan fingerprint density at radius 1 is 0.776 bits per heavy atom. The van der Waals surface area contributed by atoms with Crippen molar-refractivity contribution < 1.29 is 57.8 Å². The van der Waals surface area contributed by atoms with Gasteiger partial charge in [0.2, 0.25) is 65.0 Å². The van der Waals surface area contributed by atoms with Crippen molar-refractivity contribution in [1.82, 2.24) is 42.1 Å². The highest BCUT2D eigenvalue weighted by Gasteiger charge is 2.48. The van der Waals surface area contributed by atoms with Crippen LogP contribution in [0.15, 0.2) is 53.5 Å². The Balaban J connectivity index is 1.49. The molecule has 76 heavy (non-hydrogen) atoms. The summed E-state index contributed by atoms with van der Waals surface area (Å²) in [5, 5.41) is 28.1. The normalized spacial score (nSPS) is 22.8. The Morgan fingerprint density at radius 3 is 2.05 bits per heavy atom. The molecule has 0 bridgehead atoms. The summed E-state index contributed by atoms with van der Waals surface area (Å²) in [4.78, 5) is 155. The highest BCUT2D eigenvalue weighted by Crippen LogP contribution is 2.32. The van der Waals surface area contributed by atoms with Crippen LogP contribution in [0, 0.1) is 0 Å². The average molecular weight is 1100 g/mol. The maximum Gasteiger partial charge on any atom is 0.247 e. The lowest BCUT2D eigenvalue weighted by atomic mass is 9.92. The topological polar surface area (TPSA) is 464 Å². The number of rotatable bonds is 17. The molecular formula is C47H65N15O12S2. The Hall–Kier alpha value is -7.66. The summed E-state index contributed by atoms with van der Waals surface area (Å²) < 4.78 is 0. The maximum atomic E-state index is 14.8. The Morgan fingerprint density at radius 2 is 1.42 bits per heavy atom. The fourth-order valence-corrected chi connectivity index (χ4v) is 11.0. The second-order valence-electron chi connectivity index (χ2n) is 18.5. The summed E-state index contributed by atoms with van der Waals surface area (Å²) in [5.41, 5.74) is 33.5. The zero-order valence-electron chi connectivity index (χ0n) is 41.4. The van der Waals surface area contributed by atoms with Crippen LogP contribution in [0.3, 0.4) is 0 Å². The number of carbonyl (C=O) groups excluding carboxylic acids is 11. The molecule has 20 N–H and O–H groups in total. The summed E-state index contributed by atoms with van der Waals surface area (Å²) in [6.45, 7) is -0.440. The van der Waals surface area contributed by atoms with Crippen LogP contribution in [-0.4, -0.2) is 160 Å². The van der Waals surface area contributed by atoms with E-state index in [0.717, 1.165) is 21.6 Å². The van der Waals surface area contributed by atoms with Gasteiger partial charge in [0.25, 0.3) is 0 Å². The molecule has 0 aromatic heterocycles. The van der Waals surface area contributed by atoms with Crippen molar-refractivity contribution in [2.45, 2.75) is 112 Å². The van der Waals surface area contributed by atoms with E-state index in [1.165, 1.54) is 29.2 Å². The average Bonchev–Trinajstić information content (AvgIpc) is 4.02. The van der Waals surface area contributed by atoms with Gasteiger partial charge in [0.05, 0.1) is 19.0 Å². The van der Waals surface area contributed by atoms with Gasteiger partial charge in [-0.1, -0.05) is 58.0 Å². The Kier molecular flexibility index (Phi) is 21.6. The van der Waals surface area contributed by atoms with E-state index in [4.69, 9.17) is 34.4 Å². The fraction of sp³-hybridized carbons (Fsp3) is 0.489. The smallest absolute Gasteiger partial charge is 0.247 e. The van der Waals surface area contributed by atoms with Crippen LogP contribution in [0.5, 0.6) is 5.75 Å². The number of benzene rings is 2. The predicted molar refractivity (Wildman–Crippen MR) is 278 cm³/mol. The zero-order valence-corrected chi connectivity index (χ0v) is 43.0. The summed E-state index contributed by atoms with van der Waals surface area (Å²) in [5.74, 6) is -10.4. The Bertz CT molecular complexity index is 2530. The minimum absolute atomic E-state index is 0.00192. The van der Waals surface area contributed by atoms with Crippen LogP contribution < -0.4 is 71.6 Å². The van der Waals surface area contributed by atoms with Crippen LogP contribution in [-0.2, 0) is 72.0 Å². The molecular weight excluding hydrogens is 1030 g/mol. The van der Waals surface area contributed by atoms with Crippen molar-refractivity contribution in [2.75, 3.05) is 31.1 Å². The second-order valence-corrected chi connectivity index (χ2v) is 21.1. The van der Waals surface area contributed by atoms with Gasteiger partial charge in [-0.2, -0.15) is 0 Å². The van der Waals surface area contributed by atoms with Gasteiger partial charge in [-0.3, -0.25) is 57.7 Å². The molecule has 2 saturated heterocycles. The highest BCUT2D eigenvalue weighted by atomic mass is 33.1. The third kappa shape index (κ3) is 17.2. The van der Waals surface area contributed by atoms with Gasteiger partial charge < -0.3 is 81.6 Å². The minimum atomic E-state index is -1.81. The van der Waals surface area contributed by atoms with Gasteiger partial charge in [-0.05, 0) is 60.9 Å². The van der Waals surface area contributed by atoms with Crippen molar-refractivity contribution in [1.29, 1.82) is 0 Å². The minimum Gasteiger partial charge on any atom is -0.508 e. The number of likely N-dealkylation sites (tertiary alicyclic amines) is 1. The van der Waals surface area contributed by atoms with Gasteiger partial charge in [0.15, 0.2) is 5.96 Å². The monoisotopic (exact) mass is 1100 g/mol. The lowest BCUT2D eigenvalue weighted by molar-refractivity contribution is -0.142. The largest absolute Gasteiger partial charge is 0.508 e. The molecule has 0 unspecified atom stereocenters. The van der Waals surface area contributed by atoms with E-state index in [1.54, 1.807) is 24.3 Å². The first-order valence-corrected chi connectivity index (χ1v) is 26.7. The van der Waals surface area contributed by atoms with E-state index in [1.807, 2.05) is 0 Å². The summed E-state index contributed by atoms with van der Waals surface area (Å²) in [6, 6.07) is 2.80. The van der Waals surface area contributed by atoms with Crippen molar-refractivity contribution >= 4 is 92.5 Å². The van der Waals surface area contributed by atoms with Crippen molar-refractivity contribution in [3.05, 3.63) is 65.2 Å². The van der Waals surface area contributed by atoms with E-state index in [0.29, 0.717) is 23.1 Å². The lowest BCUT2D eigenvalue weighted by Crippen LogP contribution is -2.66. The lowest BCUT2D eigenvalue weighted by Gasteiger charge is -2.33. The van der Waals surface area contributed by atoms with E-state index in [-0.39, 0.29) is 74.8 Å². The van der Waals surface area contributed by atoms with Crippen molar-refractivity contribution in [3.63, 3.8) is 0 Å². The Labute approximate surface area is 444 Å². The number of hydrogen-bond donors (Lipinski definition) is 14. The number of primary amides is 3. The zero-order chi connectivity index (χ0) is 55.7. The third-order valence-corrected chi connectivity index (χ3v) is 15.1. The molecule has 27 nitrogen and oxygen atoms in total. The molecule has 7 atom stereocenters. The van der Waals surface area contributed by atoms with E-state index in [9.17, 15) is 57.8 Å². The SMILES string of the molecule is NC(=O)CC[C@@H]1NC(=O)C2(Cc3ccccc3C2)NC(=O)[C@H](Cc2ccc(O)cc2)NC(=O)[C@@H](N)CSSC[C@@H](C(=O)N2CCC[C@H]2C(=O)N[C@@H](CCCN=C(N)N)C(=O)NCC(N)=O)NC(=O)[C@H](CC(N)=O)NC1=O. The number of phenols is 1. The molecule has 2 heterocycles. The molecule has 1 spiro atoms. The van der Waals surface area contributed by atoms with E-state index >= 15 is 0 Å². The number of hydrogen-bond acceptors (Lipinski definition) is 16. The van der Waals surface area contributed by atoms with Crippen LogP contribution in [0.1, 0.15) is 61.6 Å². The van der Waals surface area contributed by atoms with Crippen LogP contribution in [0.4, 0.5) is 0 Å². The number of carbonyl (C=O) groups is 11. The quantitative estimate of drug-likeness (QED) is 0.0304. The highest BCUT2D eigenvalue weighted by molar-refractivity contribution is 8.76. The summed E-state index contributed by atoms with van der Waals surface area (Å²) in [6.07, 6.45) is -1.39. The molecule has 1 aliphatic carbocycles. The van der Waals surface area contributed by atoms with Gasteiger partial charge in [-0.25, -0.2) is 0 Å². The number of aromatic hydroxyl groups is 1. The van der Waals surface area contributed by atoms with Crippen LogP contribution in [0.25, 0.3) is 0 Å². The molecule has 3 aliphatic rings. The molecule has 0 saturated carbocycles. The number of fused-ring (bicyclic) bond motifs is 1. The number of nitrogens with one attached hydrogen (secondary N) is 7. The van der Waals surface area contributed by atoms with Crippen LogP contribution >= 0.6 is 21.6 Å². The summed E-state index contributed by atoms with van der Waals surface area (Å²) >= 11 is 0. The predicted octanol–water partition coefficient (Wildman–Crippen LogP) is -5.48. The first-order chi connectivity index (χ1) is 36.0. The van der Waals surface area contributed by atoms with E-state index < -0.39 is 139 Å². The van der Waals surface area contributed by atoms with Gasteiger partial charge in [0, 0.05) is 50.3 Å². The van der Waals surface area contributed by atoms with Crippen LogP contribution in [0.2, 0.25) is 0 Å². The molecule has 2 fully saturated rings. The molecule has 412 valence electrons. The molecule has 11 amide bonds. The molecule has 2 aromatic rings. The first-order valence-electron chi connectivity index (χ1n) is 24.2. The summed E-state index contributed by atoms with van der Waals surface area (Å²) in [7, 11) is 2.01. The molecule has 0 radical (unpaired) electrons. The second kappa shape index (κ2) is 27.8. The van der Waals surface area contributed by atoms with Gasteiger partial charge >= 0.3 is 0 Å². The van der Waals surface area contributed by atoms with E-state index in [2.05, 4.69) is 42.2 Å². The molecule has 2 aliphatic heterocycles. The number of nitrogens with zero attached hydrogens (tertiary/aromatic N) is 2. The maximum absolute atomic E-state index is 14.8. The van der Waals surface area contributed by atoms with Gasteiger partial charge in [0.1, 0.15) is 47.5 Å². The first kappa shape index (κ1) is 59.2. The number of amides is 11.